The van der Waals surface area contributed by atoms with Crippen LogP contribution in [0.25, 0.3) is 0 Å². The Labute approximate surface area is 155 Å². The SMILES string of the molecule is COc1ccc(C)cc1Nc1ccnc(C(=O)Nc2ccc(F)c(F)c2)c1. The molecule has 0 aliphatic rings. The molecule has 0 bridgehead atoms. The largest absolute Gasteiger partial charge is 0.495 e. The van der Waals surface area contributed by atoms with E-state index in [1.807, 2.05) is 25.1 Å². The van der Waals surface area contributed by atoms with Crippen molar-refractivity contribution < 1.29 is 18.3 Å². The van der Waals surface area contributed by atoms with E-state index in [0.29, 0.717) is 11.4 Å². The lowest BCUT2D eigenvalue weighted by molar-refractivity contribution is 0.102. The van der Waals surface area contributed by atoms with Gasteiger partial charge in [0.05, 0.1) is 12.8 Å². The highest BCUT2D eigenvalue weighted by molar-refractivity contribution is 6.03. The first-order valence-corrected chi connectivity index (χ1v) is 8.10. The predicted molar refractivity (Wildman–Crippen MR) is 99.6 cm³/mol. The first kappa shape index (κ1) is 18.3. The van der Waals surface area contributed by atoms with E-state index in [1.165, 1.54) is 12.3 Å². The fourth-order valence-electron chi connectivity index (χ4n) is 2.48. The van der Waals surface area contributed by atoms with Crippen molar-refractivity contribution in [1.82, 2.24) is 4.98 Å². The van der Waals surface area contributed by atoms with Gasteiger partial charge in [0.15, 0.2) is 11.6 Å². The van der Waals surface area contributed by atoms with Crippen molar-refractivity contribution in [3.8, 4) is 5.75 Å². The van der Waals surface area contributed by atoms with E-state index < -0.39 is 17.5 Å². The van der Waals surface area contributed by atoms with E-state index in [-0.39, 0.29) is 11.4 Å². The van der Waals surface area contributed by atoms with Gasteiger partial charge in [-0.15, -0.1) is 0 Å². The summed E-state index contributed by atoms with van der Waals surface area (Å²) in [5.74, 6) is -1.90. The highest BCUT2D eigenvalue weighted by Gasteiger charge is 2.11. The molecule has 0 atom stereocenters. The Kier molecular flexibility index (Phi) is 5.30. The number of hydrogen-bond donors (Lipinski definition) is 2. The van der Waals surface area contributed by atoms with Crippen LogP contribution in [0.15, 0.2) is 54.7 Å². The number of nitrogens with zero attached hydrogens (tertiary/aromatic N) is 1. The molecular weight excluding hydrogens is 352 g/mol. The molecule has 0 radical (unpaired) electrons. The molecule has 7 heteroatoms. The van der Waals surface area contributed by atoms with Crippen molar-refractivity contribution >= 4 is 23.0 Å². The monoisotopic (exact) mass is 369 g/mol. The van der Waals surface area contributed by atoms with Crippen molar-refractivity contribution in [2.75, 3.05) is 17.7 Å². The van der Waals surface area contributed by atoms with Gasteiger partial charge in [-0.1, -0.05) is 6.07 Å². The van der Waals surface area contributed by atoms with Gasteiger partial charge in [-0.25, -0.2) is 8.78 Å². The second-order valence-electron chi connectivity index (χ2n) is 5.84. The zero-order chi connectivity index (χ0) is 19.4. The van der Waals surface area contributed by atoms with Gasteiger partial charge in [0, 0.05) is 23.6 Å². The lowest BCUT2D eigenvalue weighted by Crippen LogP contribution is -2.14. The second kappa shape index (κ2) is 7.82. The third-order valence-corrected chi connectivity index (χ3v) is 3.80. The molecule has 3 rings (SSSR count). The molecule has 1 amide bonds. The summed E-state index contributed by atoms with van der Waals surface area (Å²) in [5, 5.41) is 5.67. The molecule has 138 valence electrons. The predicted octanol–water partition coefficient (Wildman–Crippen LogP) is 4.67. The molecule has 0 aliphatic carbocycles. The number of benzene rings is 2. The third-order valence-electron chi connectivity index (χ3n) is 3.80. The van der Waals surface area contributed by atoms with Gasteiger partial charge < -0.3 is 15.4 Å². The summed E-state index contributed by atoms with van der Waals surface area (Å²) in [5.41, 5.74) is 2.68. The lowest BCUT2D eigenvalue weighted by atomic mass is 10.2. The maximum atomic E-state index is 13.3. The molecule has 2 aromatic carbocycles. The normalized spacial score (nSPS) is 10.4. The zero-order valence-corrected chi connectivity index (χ0v) is 14.7. The van der Waals surface area contributed by atoms with Gasteiger partial charge >= 0.3 is 0 Å². The summed E-state index contributed by atoms with van der Waals surface area (Å²) in [7, 11) is 1.57. The molecule has 1 aromatic heterocycles. The van der Waals surface area contributed by atoms with Gasteiger partial charge in [0.25, 0.3) is 5.91 Å². The zero-order valence-electron chi connectivity index (χ0n) is 14.7. The van der Waals surface area contributed by atoms with Crippen LogP contribution in [0.5, 0.6) is 5.75 Å². The first-order valence-electron chi connectivity index (χ1n) is 8.10. The number of aromatic nitrogens is 1. The Bertz CT molecular complexity index is 993. The Hall–Kier alpha value is -3.48. The van der Waals surface area contributed by atoms with Crippen molar-refractivity contribution in [3.05, 3.63) is 77.6 Å². The van der Waals surface area contributed by atoms with Crippen LogP contribution in [0.2, 0.25) is 0 Å². The third kappa shape index (κ3) is 4.38. The average Bonchev–Trinajstić information content (AvgIpc) is 2.65. The minimum Gasteiger partial charge on any atom is -0.495 e. The Balaban J connectivity index is 1.80. The number of rotatable bonds is 5. The van der Waals surface area contributed by atoms with Crippen LogP contribution in [-0.4, -0.2) is 18.0 Å². The van der Waals surface area contributed by atoms with Gasteiger partial charge in [0.1, 0.15) is 11.4 Å². The number of carbonyl (C=O) groups excluding carboxylic acids is 1. The minimum atomic E-state index is -1.04. The summed E-state index contributed by atoms with van der Waals surface area (Å²) < 4.78 is 31.6. The molecule has 3 aromatic rings. The molecule has 27 heavy (non-hydrogen) atoms. The van der Waals surface area contributed by atoms with Crippen LogP contribution in [0, 0.1) is 18.6 Å². The van der Waals surface area contributed by atoms with Gasteiger partial charge in [-0.3, -0.25) is 9.78 Å². The van der Waals surface area contributed by atoms with E-state index in [0.717, 1.165) is 23.4 Å². The number of methoxy groups -OCH3 is 1. The standard InChI is InChI=1S/C20H17F2N3O2/c1-12-3-6-19(27-2)17(9-12)24-14-7-8-23-18(11-14)20(26)25-13-4-5-15(21)16(22)10-13/h3-11H,1-2H3,(H,23,24)(H,25,26). The van der Waals surface area contributed by atoms with Crippen LogP contribution < -0.4 is 15.4 Å². The van der Waals surface area contributed by atoms with Gasteiger partial charge in [0.2, 0.25) is 0 Å². The summed E-state index contributed by atoms with van der Waals surface area (Å²) in [6.07, 6.45) is 1.48. The van der Waals surface area contributed by atoms with Crippen molar-refractivity contribution in [2.45, 2.75) is 6.92 Å². The van der Waals surface area contributed by atoms with E-state index in [2.05, 4.69) is 15.6 Å². The lowest BCUT2D eigenvalue weighted by Gasteiger charge is -2.12. The molecule has 0 unspecified atom stereocenters. The summed E-state index contributed by atoms with van der Waals surface area (Å²) in [6, 6.07) is 12.1. The van der Waals surface area contributed by atoms with Gasteiger partial charge in [-0.05, 0) is 48.9 Å². The highest BCUT2D eigenvalue weighted by Crippen LogP contribution is 2.28. The van der Waals surface area contributed by atoms with Crippen molar-refractivity contribution in [1.29, 1.82) is 0 Å². The number of halogens is 2. The number of ether oxygens (including phenoxy) is 1. The van der Waals surface area contributed by atoms with Crippen LogP contribution in [0.3, 0.4) is 0 Å². The molecule has 0 fully saturated rings. The molecule has 0 spiro atoms. The molecule has 0 aliphatic heterocycles. The van der Waals surface area contributed by atoms with E-state index >= 15 is 0 Å². The van der Waals surface area contributed by atoms with E-state index in [9.17, 15) is 13.6 Å². The molecule has 5 nitrogen and oxygen atoms in total. The van der Waals surface area contributed by atoms with E-state index in [4.69, 9.17) is 4.74 Å². The molecule has 0 saturated carbocycles. The number of anilines is 3. The topological polar surface area (TPSA) is 63.2 Å². The number of aryl methyl sites for hydroxylation is 1. The molecule has 0 saturated heterocycles. The van der Waals surface area contributed by atoms with E-state index in [1.54, 1.807) is 19.2 Å². The Morgan fingerprint density at radius 2 is 1.81 bits per heavy atom. The highest BCUT2D eigenvalue weighted by atomic mass is 19.2. The number of carbonyl (C=O) groups is 1. The Morgan fingerprint density at radius 3 is 2.56 bits per heavy atom. The molecule has 1 heterocycles. The van der Waals surface area contributed by atoms with Gasteiger partial charge in [-0.2, -0.15) is 0 Å². The van der Waals surface area contributed by atoms with Crippen LogP contribution in [0.1, 0.15) is 16.1 Å². The fraction of sp³-hybridized carbons (Fsp3) is 0.100. The first-order chi connectivity index (χ1) is 13.0. The fourth-order valence-corrected chi connectivity index (χ4v) is 2.48. The summed E-state index contributed by atoms with van der Waals surface area (Å²) in [6.45, 7) is 1.96. The maximum Gasteiger partial charge on any atom is 0.274 e. The Morgan fingerprint density at radius 1 is 1.00 bits per heavy atom. The number of nitrogens with one attached hydrogen (secondary N) is 2. The van der Waals surface area contributed by atoms with Crippen LogP contribution in [0.4, 0.5) is 25.8 Å². The minimum absolute atomic E-state index is 0.122. The number of pyridine rings is 1. The quantitative estimate of drug-likeness (QED) is 0.686. The average molecular weight is 369 g/mol. The van der Waals surface area contributed by atoms with Crippen LogP contribution in [-0.2, 0) is 0 Å². The smallest absolute Gasteiger partial charge is 0.274 e. The molecule has 2 N–H and O–H groups in total. The maximum absolute atomic E-state index is 13.3. The van der Waals surface area contributed by atoms with Crippen molar-refractivity contribution in [2.24, 2.45) is 0 Å². The summed E-state index contributed by atoms with van der Waals surface area (Å²) >= 11 is 0. The number of hydrogen-bond acceptors (Lipinski definition) is 4. The number of amides is 1. The van der Waals surface area contributed by atoms with Crippen LogP contribution >= 0.6 is 0 Å². The second-order valence-corrected chi connectivity index (χ2v) is 5.84. The molecular formula is C20H17F2N3O2. The van der Waals surface area contributed by atoms with Crippen molar-refractivity contribution in [3.63, 3.8) is 0 Å². The summed E-state index contributed by atoms with van der Waals surface area (Å²) in [4.78, 5) is 16.4.